The van der Waals surface area contributed by atoms with E-state index in [1.165, 1.54) is 6.07 Å². The van der Waals surface area contributed by atoms with Crippen LogP contribution in [0.2, 0.25) is 0 Å². The Kier molecular flexibility index (Phi) is 3.22. The zero-order valence-electron chi connectivity index (χ0n) is 11.6. The van der Waals surface area contributed by atoms with Gasteiger partial charge < -0.3 is 9.84 Å². The second kappa shape index (κ2) is 4.91. The van der Waals surface area contributed by atoms with E-state index in [9.17, 15) is 9.50 Å². The smallest absolute Gasteiger partial charge is 0.130 e. The number of hydrogen-bond acceptors (Lipinski definition) is 2. The minimum absolute atomic E-state index is 0.289. The van der Waals surface area contributed by atoms with E-state index in [4.69, 9.17) is 4.74 Å². The van der Waals surface area contributed by atoms with Gasteiger partial charge in [-0.05, 0) is 38.1 Å². The summed E-state index contributed by atoms with van der Waals surface area (Å²) in [6.07, 6.45) is -0.694. The van der Waals surface area contributed by atoms with Crippen molar-refractivity contribution >= 4 is 0 Å². The Morgan fingerprint density at radius 2 is 1.70 bits per heavy atom. The van der Waals surface area contributed by atoms with Crippen molar-refractivity contribution in [3.8, 4) is 5.75 Å². The third-order valence-corrected chi connectivity index (χ3v) is 3.73. The molecule has 1 N–H and O–H groups in total. The van der Waals surface area contributed by atoms with Crippen molar-refractivity contribution in [3.05, 3.63) is 64.5 Å². The number of aryl methyl sites for hydroxylation is 2. The zero-order chi connectivity index (χ0) is 14.3. The molecule has 0 radical (unpaired) electrons. The van der Waals surface area contributed by atoms with Crippen LogP contribution in [0.5, 0.6) is 5.75 Å². The number of benzene rings is 2. The van der Waals surface area contributed by atoms with Gasteiger partial charge in [-0.1, -0.05) is 23.3 Å². The molecule has 0 bridgehead atoms. The quantitative estimate of drug-likeness (QED) is 0.850. The highest BCUT2D eigenvalue weighted by atomic mass is 19.1. The second-order valence-electron chi connectivity index (χ2n) is 5.42. The van der Waals surface area contributed by atoms with Gasteiger partial charge in [-0.25, -0.2) is 4.39 Å². The van der Waals surface area contributed by atoms with Crippen LogP contribution < -0.4 is 4.74 Å². The highest BCUT2D eigenvalue weighted by Crippen LogP contribution is 2.41. The van der Waals surface area contributed by atoms with E-state index < -0.39 is 12.2 Å². The third-order valence-electron chi connectivity index (χ3n) is 3.73. The predicted molar refractivity (Wildman–Crippen MR) is 75.3 cm³/mol. The molecule has 0 saturated heterocycles. The topological polar surface area (TPSA) is 29.5 Å². The molecule has 0 aromatic heterocycles. The molecule has 3 rings (SSSR count). The van der Waals surface area contributed by atoms with E-state index in [0.717, 1.165) is 16.7 Å². The number of ether oxygens (including phenoxy) is 1. The van der Waals surface area contributed by atoms with Crippen molar-refractivity contribution in [2.45, 2.75) is 32.5 Å². The first-order chi connectivity index (χ1) is 9.54. The molecule has 0 aliphatic carbocycles. The molecule has 0 fully saturated rings. The Hall–Kier alpha value is -1.87. The average molecular weight is 272 g/mol. The lowest BCUT2D eigenvalue weighted by molar-refractivity contribution is 0.0639. The van der Waals surface area contributed by atoms with E-state index in [2.05, 4.69) is 0 Å². The summed E-state index contributed by atoms with van der Waals surface area (Å²) in [5.41, 5.74) is 3.35. The Labute approximate surface area is 117 Å². The number of hydrogen-bond donors (Lipinski definition) is 1. The molecule has 3 heteroatoms. The predicted octanol–water partition coefficient (Wildman–Crippen LogP) is 4.00. The van der Waals surface area contributed by atoms with Crippen molar-refractivity contribution in [1.82, 2.24) is 0 Å². The molecule has 0 saturated carbocycles. The number of rotatable bonds is 1. The maximum Gasteiger partial charge on any atom is 0.130 e. The van der Waals surface area contributed by atoms with Crippen LogP contribution in [0, 0.1) is 19.7 Å². The first-order valence-corrected chi connectivity index (χ1v) is 6.76. The molecular formula is C17H17FO2. The number of fused-ring (bicyclic) bond motifs is 1. The molecule has 2 aromatic carbocycles. The van der Waals surface area contributed by atoms with Gasteiger partial charge in [0.1, 0.15) is 17.7 Å². The molecular weight excluding hydrogens is 255 g/mol. The van der Waals surface area contributed by atoms with Crippen LogP contribution in [0.15, 0.2) is 36.4 Å². The van der Waals surface area contributed by atoms with Gasteiger partial charge in [0.15, 0.2) is 0 Å². The van der Waals surface area contributed by atoms with Gasteiger partial charge in [0, 0.05) is 17.5 Å². The van der Waals surface area contributed by atoms with Gasteiger partial charge in [0.2, 0.25) is 0 Å². The highest BCUT2D eigenvalue weighted by molar-refractivity contribution is 5.41. The number of aliphatic hydroxyl groups is 1. The van der Waals surface area contributed by atoms with Gasteiger partial charge in [0.25, 0.3) is 0 Å². The maximum atomic E-state index is 14.0. The summed E-state index contributed by atoms with van der Waals surface area (Å²) in [6, 6.07) is 10.7. The largest absolute Gasteiger partial charge is 0.485 e. The zero-order valence-corrected chi connectivity index (χ0v) is 11.6. The fourth-order valence-electron chi connectivity index (χ4n) is 2.67. The summed E-state index contributed by atoms with van der Waals surface area (Å²) in [4.78, 5) is 0. The lowest BCUT2D eigenvalue weighted by atomic mass is 9.93. The monoisotopic (exact) mass is 272 g/mol. The molecule has 2 nitrogen and oxygen atoms in total. The standard InChI is InChI=1S/C17H17FO2/c1-10-3-5-14(18)12(7-10)17-9-15(19)13-8-11(2)4-6-16(13)20-17/h3-8,15,17,19H,9H2,1-2H3/t15-,17?/m0/s1. The molecule has 1 aliphatic rings. The van der Waals surface area contributed by atoms with Crippen molar-refractivity contribution in [3.63, 3.8) is 0 Å². The summed E-state index contributed by atoms with van der Waals surface area (Å²) in [5, 5.41) is 10.3. The van der Waals surface area contributed by atoms with Crippen LogP contribution in [0.1, 0.15) is 40.9 Å². The second-order valence-corrected chi connectivity index (χ2v) is 5.42. The van der Waals surface area contributed by atoms with Crippen LogP contribution >= 0.6 is 0 Å². The van der Waals surface area contributed by atoms with Crippen molar-refractivity contribution in [2.75, 3.05) is 0 Å². The molecule has 1 heterocycles. The fourth-order valence-corrected chi connectivity index (χ4v) is 2.67. The number of halogens is 1. The summed E-state index contributed by atoms with van der Waals surface area (Å²) in [7, 11) is 0. The van der Waals surface area contributed by atoms with Crippen LogP contribution in [0.25, 0.3) is 0 Å². The molecule has 104 valence electrons. The number of aliphatic hydroxyl groups excluding tert-OH is 1. The summed E-state index contributed by atoms with van der Waals surface area (Å²) >= 11 is 0. The van der Waals surface area contributed by atoms with Crippen molar-refractivity contribution < 1.29 is 14.2 Å². The van der Waals surface area contributed by atoms with Gasteiger partial charge in [-0.15, -0.1) is 0 Å². The molecule has 1 unspecified atom stereocenters. The summed E-state index contributed by atoms with van der Waals surface area (Å²) in [5.74, 6) is 0.351. The Balaban J connectivity index is 1.99. The van der Waals surface area contributed by atoms with Gasteiger partial charge in [-0.3, -0.25) is 0 Å². The Bertz CT molecular complexity index is 651. The first-order valence-electron chi connectivity index (χ1n) is 6.76. The van der Waals surface area contributed by atoms with Crippen LogP contribution in [0.3, 0.4) is 0 Å². The molecule has 0 spiro atoms. The molecule has 0 amide bonds. The summed E-state index contributed by atoms with van der Waals surface area (Å²) in [6.45, 7) is 3.89. The molecule has 20 heavy (non-hydrogen) atoms. The minimum atomic E-state index is -0.622. The van der Waals surface area contributed by atoms with Crippen molar-refractivity contribution in [2.24, 2.45) is 0 Å². The normalized spacial score (nSPS) is 21.2. The van der Waals surface area contributed by atoms with Gasteiger partial charge in [-0.2, -0.15) is 0 Å². The third kappa shape index (κ3) is 2.29. The highest BCUT2D eigenvalue weighted by Gasteiger charge is 2.29. The fraction of sp³-hybridized carbons (Fsp3) is 0.294. The maximum absolute atomic E-state index is 14.0. The van der Waals surface area contributed by atoms with E-state index in [1.54, 1.807) is 12.1 Å². The average Bonchev–Trinajstić information content (AvgIpc) is 2.42. The lowest BCUT2D eigenvalue weighted by Gasteiger charge is -2.30. The summed E-state index contributed by atoms with van der Waals surface area (Å²) < 4.78 is 19.8. The SMILES string of the molecule is Cc1ccc(F)c(C2C[C@H](O)c3cc(C)ccc3O2)c1. The molecule has 2 aromatic rings. The van der Waals surface area contributed by atoms with Gasteiger partial charge in [0.05, 0.1) is 6.10 Å². The lowest BCUT2D eigenvalue weighted by Crippen LogP contribution is -2.20. The first kappa shape index (κ1) is 13.1. The molecule has 1 aliphatic heterocycles. The van der Waals surface area contributed by atoms with Crippen LogP contribution in [-0.4, -0.2) is 5.11 Å². The van der Waals surface area contributed by atoms with Crippen molar-refractivity contribution in [1.29, 1.82) is 0 Å². The minimum Gasteiger partial charge on any atom is -0.485 e. The van der Waals surface area contributed by atoms with Crippen LogP contribution in [0.4, 0.5) is 4.39 Å². The Morgan fingerprint density at radius 1 is 1.05 bits per heavy atom. The van der Waals surface area contributed by atoms with E-state index in [-0.39, 0.29) is 5.82 Å². The Morgan fingerprint density at radius 3 is 2.45 bits per heavy atom. The van der Waals surface area contributed by atoms with E-state index >= 15 is 0 Å². The van der Waals surface area contributed by atoms with Crippen LogP contribution in [-0.2, 0) is 0 Å². The molecule has 2 atom stereocenters. The van der Waals surface area contributed by atoms with E-state index in [0.29, 0.717) is 17.7 Å². The van der Waals surface area contributed by atoms with Gasteiger partial charge >= 0.3 is 0 Å². The van der Waals surface area contributed by atoms with E-state index in [1.807, 2.05) is 32.0 Å².